The molecular weight excluding hydrogens is 268 g/mol. The van der Waals surface area contributed by atoms with Gasteiger partial charge in [0.15, 0.2) is 0 Å². The van der Waals surface area contributed by atoms with E-state index in [4.69, 9.17) is 16.6 Å². The van der Waals surface area contributed by atoms with E-state index in [-0.39, 0.29) is 5.38 Å². The zero-order valence-corrected chi connectivity index (χ0v) is 13.7. The second-order valence-corrected chi connectivity index (χ2v) is 6.77. The first kappa shape index (κ1) is 15.4. The first-order valence-electron chi connectivity index (χ1n) is 7.61. The minimum absolute atomic E-state index is 0.0602. The van der Waals surface area contributed by atoms with Gasteiger partial charge < -0.3 is 4.57 Å². The van der Waals surface area contributed by atoms with E-state index in [1.165, 1.54) is 24.8 Å². The largest absolute Gasteiger partial charge is 0.324 e. The van der Waals surface area contributed by atoms with Crippen molar-refractivity contribution in [2.75, 3.05) is 0 Å². The van der Waals surface area contributed by atoms with E-state index in [9.17, 15) is 0 Å². The van der Waals surface area contributed by atoms with E-state index in [1.807, 2.05) is 13.0 Å². The third kappa shape index (κ3) is 3.35. The molecule has 0 saturated carbocycles. The molecule has 3 heteroatoms. The normalized spacial score (nSPS) is 14.9. The molecule has 1 aromatic carbocycles. The highest BCUT2D eigenvalue weighted by molar-refractivity contribution is 6.20. The van der Waals surface area contributed by atoms with Crippen molar-refractivity contribution in [3.63, 3.8) is 0 Å². The number of para-hydroxylation sites is 2. The third-order valence-corrected chi connectivity index (χ3v) is 4.02. The molecule has 0 aliphatic carbocycles. The lowest BCUT2D eigenvalue weighted by Gasteiger charge is -2.19. The van der Waals surface area contributed by atoms with E-state index < -0.39 is 0 Å². The summed E-state index contributed by atoms with van der Waals surface area (Å²) in [6.07, 6.45) is 3.71. The van der Waals surface area contributed by atoms with Gasteiger partial charge in [0.2, 0.25) is 0 Å². The first-order chi connectivity index (χ1) is 9.50. The van der Waals surface area contributed by atoms with E-state index in [2.05, 4.69) is 43.5 Å². The van der Waals surface area contributed by atoms with Crippen molar-refractivity contribution in [3.8, 4) is 0 Å². The standard InChI is InChI=1S/C17H25ClN2/c1-12(2)8-7-9-13(3)20-16-11-6-5-10-15(16)19-17(20)14(4)18/h5-6,10-14H,7-9H2,1-4H3. The number of aromatic nitrogens is 2. The SMILES string of the molecule is CC(C)CCCC(C)n1c(C(C)Cl)nc2ccccc21. The maximum atomic E-state index is 6.33. The van der Waals surface area contributed by atoms with E-state index >= 15 is 0 Å². The molecule has 0 radical (unpaired) electrons. The summed E-state index contributed by atoms with van der Waals surface area (Å²) in [4.78, 5) is 4.71. The zero-order chi connectivity index (χ0) is 14.7. The van der Waals surface area contributed by atoms with Crippen LogP contribution in [-0.4, -0.2) is 9.55 Å². The minimum atomic E-state index is -0.0602. The lowest BCUT2D eigenvalue weighted by atomic mass is 10.0. The smallest absolute Gasteiger partial charge is 0.127 e. The Bertz CT molecular complexity index is 557. The van der Waals surface area contributed by atoms with Crippen molar-refractivity contribution in [3.05, 3.63) is 30.1 Å². The summed E-state index contributed by atoms with van der Waals surface area (Å²) in [7, 11) is 0. The monoisotopic (exact) mass is 292 g/mol. The molecule has 2 atom stereocenters. The molecule has 0 aliphatic heterocycles. The number of alkyl halides is 1. The van der Waals surface area contributed by atoms with Crippen LogP contribution in [0.15, 0.2) is 24.3 Å². The second-order valence-electron chi connectivity index (χ2n) is 6.12. The Morgan fingerprint density at radius 1 is 1.10 bits per heavy atom. The zero-order valence-electron chi connectivity index (χ0n) is 12.9. The van der Waals surface area contributed by atoms with Crippen molar-refractivity contribution in [2.24, 2.45) is 5.92 Å². The van der Waals surface area contributed by atoms with Crippen molar-refractivity contribution >= 4 is 22.6 Å². The fourth-order valence-electron chi connectivity index (χ4n) is 2.76. The molecule has 2 unspecified atom stereocenters. The fourth-order valence-corrected chi connectivity index (χ4v) is 2.91. The molecule has 2 rings (SSSR count). The minimum Gasteiger partial charge on any atom is -0.324 e. The van der Waals surface area contributed by atoms with Crippen LogP contribution in [0.2, 0.25) is 0 Å². The summed E-state index contributed by atoms with van der Waals surface area (Å²) in [5.41, 5.74) is 2.25. The van der Waals surface area contributed by atoms with Gasteiger partial charge in [0, 0.05) is 6.04 Å². The molecule has 1 aromatic heterocycles. The molecule has 1 heterocycles. The molecule has 0 bridgehead atoms. The van der Waals surface area contributed by atoms with Gasteiger partial charge in [-0.15, -0.1) is 11.6 Å². The van der Waals surface area contributed by atoms with Gasteiger partial charge in [-0.05, 0) is 38.3 Å². The predicted molar refractivity (Wildman–Crippen MR) is 87.4 cm³/mol. The van der Waals surface area contributed by atoms with Crippen LogP contribution < -0.4 is 0 Å². The van der Waals surface area contributed by atoms with E-state index in [0.29, 0.717) is 6.04 Å². The number of benzene rings is 1. The van der Waals surface area contributed by atoms with Gasteiger partial charge in [0.1, 0.15) is 5.82 Å². The summed E-state index contributed by atoms with van der Waals surface area (Å²) in [5, 5.41) is -0.0602. The lowest BCUT2D eigenvalue weighted by molar-refractivity contribution is 0.444. The second kappa shape index (κ2) is 6.62. The van der Waals surface area contributed by atoms with Crippen LogP contribution in [0.25, 0.3) is 11.0 Å². The van der Waals surface area contributed by atoms with Crippen molar-refractivity contribution in [1.29, 1.82) is 0 Å². The first-order valence-corrected chi connectivity index (χ1v) is 8.05. The number of nitrogens with zero attached hydrogens (tertiary/aromatic N) is 2. The Morgan fingerprint density at radius 3 is 2.45 bits per heavy atom. The van der Waals surface area contributed by atoms with Gasteiger partial charge in [-0.2, -0.15) is 0 Å². The molecule has 0 N–H and O–H groups in total. The van der Waals surface area contributed by atoms with Crippen LogP contribution in [-0.2, 0) is 0 Å². The van der Waals surface area contributed by atoms with Crippen LogP contribution in [0.1, 0.15) is 64.2 Å². The molecule has 2 aromatic rings. The quantitative estimate of drug-likeness (QED) is 0.622. The van der Waals surface area contributed by atoms with Gasteiger partial charge in [-0.1, -0.05) is 38.8 Å². The summed E-state index contributed by atoms with van der Waals surface area (Å²) in [6, 6.07) is 8.76. The van der Waals surface area contributed by atoms with Crippen LogP contribution >= 0.6 is 11.6 Å². The summed E-state index contributed by atoms with van der Waals surface area (Å²) < 4.78 is 2.33. The predicted octanol–water partition coefficient (Wildman–Crippen LogP) is 5.72. The molecule has 110 valence electrons. The number of imidazole rings is 1. The Morgan fingerprint density at radius 2 is 1.80 bits per heavy atom. The number of hydrogen-bond acceptors (Lipinski definition) is 1. The number of halogens is 1. The Balaban J connectivity index is 2.28. The highest BCUT2D eigenvalue weighted by atomic mass is 35.5. The Labute approximate surface area is 127 Å². The summed E-state index contributed by atoms with van der Waals surface area (Å²) in [5.74, 6) is 1.76. The van der Waals surface area contributed by atoms with Crippen molar-refractivity contribution in [1.82, 2.24) is 9.55 Å². The van der Waals surface area contributed by atoms with Crippen LogP contribution in [0.3, 0.4) is 0 Å². The average molecular weight is 293 g/mol. The van der Waals surface area contributed by atoms with Gasteiger partial charge in [0.25, 0.3) is 0 Å². The molecule has 0 spiro atoms. The molecule has 0 aliphatic rings. The fraction of sp³-hybridized carbons (Fsp3) is 0.588. The van der Waals surface area contributed by atoms with Crippen molar-refractivity contribution < 1.29 is 0 Å². The maximum absolute atomic E-state index is 6.33. The summed E-state index contributed by atoms with van der Waals surface area (Å²) >= 11 is 6.33. The molecule has 2 nitrogen and oxygen atoms in total. The Kier molecular flexibility index (Phi) is 5.09. The topological polar surface area (TPSA) is 17.8 Å². The highest BCUT2D eigenvalue weighted by Crippen LogP contribution is 2.30. The molecule has 0 amide bonds. The average Bonchev–Trinajstić information content (AvgIpc) is 2.77. The molecule has 20 heavy (non-hydrogen) atoms. The van der Waals surface area contributed by atoms with Crippen LogP contribution in [0.4, 0.5) is 0 Å². The van der Waals surface area contributed by atoms with Crippen LogP contribution in [0.5, 0.6) is 0 Å². The maximum Gasteiger partial charge on any atom is 0.127 e. The Hall–Kier alpha value is -1.02. The number of rotatable bonds is 6. The van der Waals surface area contributed by atoms with Gasteiger partial charge in [-0.25, -0.2) is 4.98 Å². The molecule has 0 saturated heterocycles. The number of hydrogen-bond donors (Lipinski definition) is 0. The highest BCUT2D eigenvalue weighted by Gasteiger charge is 2.18. The molecule has 0 fully saturated rings. The summed E-state index contributed by atoms with van der Waals surface area (Å²) in [6.45, 7) is 8.84. The lowest BCUT2D eigenvalue weighted by Crippen LogP contribution is -2.10. The van der Waals surface area contributed by atoms with Gasteiger partial charge in [-0.3, -0.25) is 0 Å². The van der Waals surface area contributed by atoms with Crippen molar-refractivity contribution in [2.45, 2.75) is 58.4 Å². The number of fused-ring (bicyclic) bond motifs is 1. The van der Waals surface area contributed by atoms with E-state index in [1.54, 1.807) is 0 Å². The van der Waals surface area contributed by atoms with E-state index in [0.717, 1.165) is 17.3 Å². The van der Waals surface area contributed by atoms with Gasteiger partial charge >= 0.3 is 0 Å². The molecular formula is C17H25ClN2. The third-order valence-electron chi connectivity index (χ3n) is 3.82. The van der Waals surface area contributed by atoms with Crippen LogP contribution in [0, 0.1) is 5.92 Å². The van der Waals surface area contributed by atoms with Gasteiger partial charge in [0.05, 0.1) is 16.4 Å².